The molecule has 7 heteroatoms. The van der Waals surface area contributed by atoms with Crippen LogP contribution in [0.4, 0.5) is 8.78 Å². The second kappa shape index (κ2) is 7.42. The second-order valence-corrected chi connectivity index (χ2v) is 10.7. The van der Waals surface area contributed by atoms with Crippen molar-refractivity contribution in [3.8, 4) is 0 Å². The van der Waals surface area contributed by atoms with Crippen LogP contribution in [0.15, 0.2) is 87.5 Å². The Kier molecular flexibility index (Phi) is 5.37. The van der Waals surface area contributed by atoms with Crippen molar-refractivity contribution in [2.45, 2.75) is 21.6 Å². The van der Waals surface area contributed by atoms with Crippen molar-refractivity contribution in [1.82, 2.24) is 0 Å². The van der Waals surface area contributed by atoms with Crippen molar-refractivity contribution in [1.29, 1.82) is 0 Å². The molecule has 0 heterocycles. The largest absolute Gasteiger partial charge is 0.387 e. The molecule has 3 aromatic rings. The zero-order valence-corrected chi connectivity index (χ0v) is 16.4. The van der Waals surface area contributed by atoms with Crippen LogP contribution < -0.4 is 0 Å². The van der Waals surface area contributed by atoms with Crippen LogP contribution in [-0.4, -0.2) is 18.3 Å². The summed E-state index contributed by atoms with van der Waals surface area (Å²) in [6.07, 6.45) is 1.02. The van der Waals surface area contributed by atoms with Crippen molar-refractivity contribution in [2.75, 3.05) is 6.26 Å². The normalized spacial score (nSPS) is 12.7. The van der Waals surface area contributed by atoms with Crippen LogP contribution in [0.25, 0.3) is 0 Å². The first-order valence-corrected chi connectivity index (χ1v) is 11.5. The Morgan fingerprint density at radius 2 is 1.00 bits per heavy atom. The van der Waals surface area contributed by atoms with E-state index in [4.69, 9.17) is 0 Å². The maximum Gasteiger partial charge on any atom is 0.387 e. The van der Waals surface area contributed by atoms with E-state index < -0.39 is 32.1 Å². The molecule has 0 bridgehead atoms. The molecule has 3 rings (SSSR count). The third-order valence-electron chi connectivity index (χ3n) is 3.92. The maximum atomic E-state index is 13.5. The van der Waals surface area contributed by atoms with Gasteiger partial charge in [-0.25, -0.2) is 8.78 Å². The van der Waals surface area contributed by atoms with Gasteiger partial charge < -0.3 is 0 Å². The Hall–Kier alpha value is -2.22. The van der Waals surface area contributed by atoms with Gasteiger partial charge in [0.1, 0.15) is 17.9 Å². The summed E-state index contributed by atoms with van der Waals surface area (Å²) in [6.45, 7) is 1.92. The van der Waals surface area contributed by atoms with Crippen molar-refractivity contribution in [2.24, 2.45) is 0 Å². The second-order valence-electron chi connectivity index (χ2n) is 6.11. The number of rotatable bonds is 5. The van der Waals surface area contributed by atoms with Gasteiger partial charge in [-0.2, -0.15) is 8.42 Å². The minimum absolute atomic E-state index is 0.436. The van der Waals surface area contributed by atoms with E-state index in [2.05, 4.69) is 3.63 Å². The van der Waals surface area contributed by atoms with Gasteiger partial charge in [0.2, 0.25) is 0 Å². The first kappa shape index (κ1) is 19.5. The standard InChI is InChI=1S/C20H18F2O3S2/c1-15-3-9-18(10-4-15)27(25-26(2,23)24,19-11-5-16(21)6-12-19)20-13-7-17(22)8-14-20/h3-14H,1-2H3/p+1. The van der Waals surface area contributed by atoms with E-state index in [1.807, 2.05) is 31.2 Å². The van der Waals surface area contributed by atoms with E-state index in [0.717, 1.165) is 11.8 Å². The molecule has 3 nitrogen and oxygen atoms in total. The van der Waals surface area contributed by atoms with Gasteiger partial charge in [0, 0.05) is 0 Å². The van der Waals surface area contributed by atoms with Crippen LogP contribution in [0.2, 0.25) is 0 Å². The number of hydrogen-bond acceptors (Lipinski definition) is 2. The third kappa shape index (κ3) is 4.21. The Labute approximate surface area is 159 Å². The summed E-state index contributed by atoms with van der Waals surface area (Å²) >= 11 is 0. The Morgan fingerprint density at radius 1 is 0.667 bits per heavy atom. The minimum Gasteiger partial charge on any atom is -0.262 e. The van der Waals surface area contributed by atoms with E-state index in [0.29, 0.717) is 14.7 Å². The minimum atomic E-state index is -3.78. The molecule has 0 aliphatic rings. The highest BCUT2D eigenvalue weighted by molar-refractivity contribution is 8.32. The average molecular weight is 409 g/mol. The lowest BCUT2D eigenvalue weighted by Gasteiger charge is -2.34. The molecular formula is C20H19F2O3S2+. The van der Waals surface area contributed by atoms with Gasteiger partial charge >= 0.3 is 10.1 Å². The predicted molar refractivity (Wildman–Crippen MR) is 104 cm³/mol. The quantitative estimate of drug-likeness (QED) is 0.411. The highest BCUT2D eigenvalue weighted by Crippen LogP contribution is 2.68. The fraction of sp³-hybridized carbons (Fsp3) is 0.100. The lowest BCUT2D eigenvalue weighted by Crippen LogP contribution is -2.17. The summed E-state index contributed by atoms with van der Waals surface area (Å²) in [4.78, 5) is 1.76. The number of benzene rings is 3. The summed E-state index contributed by atoms with van der Waals surface area (Å²) in [6, 6.07) is 18.6. The Bertz CT molecular complexity index is 919. The molecule has 0 radical (unpaired) electrons. The van der Waals surface area contributed by atoms with Crippen LogP contribution >= 0.6 is 10.3 Å². The smallest absolute Gasteiger partial charge is 0.262 e. The molecule has 1 N–H and O–H groups in total. The zero-order valence-electron chi connectivity index (χ0n) is 14.8. The van der Waals surface area contributed by atoms with E-state index in [9.17, 15) is 17.2 Å². The highest BCUT2D eigenvalue weighted by Gasteiger charge is 2.41. The number of aryl methyl sites for hydroxylation is 1. The molecule has 0 saturated carbocycles. The van der Waals surface area contributed by atoms with Gasteiger partial charge in [0.05, 0.1) is 25.0 Å². The topological polar surface area (TPSA) is 46.9 Å². The SMILES string of the molecule is Cc1ccc(S([OH+]S(C)(=O)=O)(c2ccc(F)cc2)c2ccc(F)cc2)cc1. The number of hydrogen-bond donors (Lipinski definition) is 0. The summed E-state index contributed by atoms with van der Waals surface area (Å²) in [5.74, 6) is -0.871. The molecular weight excluding hydrogens is 390 g/mol. The Balaban J connectivity index is 2.37. The van der Waals surface area contributed by atoms with Gasteiger partial charge in [-0.05, 0) is 67.6 Å². The number of halogens is 2. The average Bonchev–Trinajstić information content (AvgIpc) is 2.61. The lowest BCUT2D eigenvalue weighted by atomic mass is 10.2. The predicted octanol–water partition coefficient (Wildman–Crippen LogP) is 5.52. The molecule has 27 heavy (non-hydrogen) atoms. The fourth-order valence-corrected chi connectivity index (χ4v) is 7.80. The van der Waals surface area contributed by atoms with Gasteiger partial charge in [0.15, 0.2) is 0 Å². The first-order valence-electron chi connectivity index (χ1n) is 8.06. The van der Waals surface area contributed by atoms with Crippen molar-refractivity contribution < 1.29 is 20.8 Å². The van der Waals surface area contributed by atoms with E-state index in [1.54, 1.807) is 0 Å². The summed E-state index contributed by atoms with van der Waals surface area (Å²) in [7, 11) is -6.42. The molecule has 0 amide bonds. The first-order chi connectivity index (χ1) is 12.7. The zero-order chi connectivity index (χ0) is 19.7. The molecule has 0 fully saturated rings. The lowest BCUT2D eigenvalue weighted by molar-refractivity contribution is 0.392. The van der Waals surface area contributed by atoms with Gasteiger partial charge in [-0.15, -0.1) is 0 Å². The van der Waals surface area contributed by atoms with Gasteiger partial charge in [-0.3, -0.25) is 3.63 Å². The van der Waals surface area contributed by atoms with E-state index in [-0.39, 0.29) is 0 Å². The highest BCUT2D eigenvalue weighted by atomic mass is 32.3. The summed E-state index contributed by atoms with van der Waals surface area (Å²) in [5.41, 5.74) is 1.00. The van der Waals surface area contributed by atoms with Gasteiger partial charge in [0.25, 0.3) is 0 Å². The van der Waals surface area contributed by atoms with Crippen LogP contribution in [0, 0.1) is 18.6 Å². The summed E-state index contributed by atoms with van der Waals surface area (Å²) < 4.78 is 55.9. The summed E-state index contributed by atoms with van der Waals surface area (Å²) in [5, 5.41) is 0. The molecule has 0 aliphatic carbocycles. The maximum absolute atomic E-state index is 13.5. The van der Waals surface area contributed by atoms with Crippen LogP contribution in [-0.2, 0) is 10.1 Å². The molecule has 0 atom stereocenters. The molecule has 142 valence electrons. The molecule has 3 aromatic carbocycles. The Morgan fingerprint density at radius 3 is 1.33 bits per heavy atom. The van der Waals surface area contributed by atoms with Gasteiger partial charge in [-0.1, -0.05) is 17.7 Å². The van der Waals surface area contributed by atoms with Crippen LogP contribution in [0.5, 0.6) is 0 Å². The van der Waals surface area contributed by atoms with Crippen molar-refractivity contribution in [3.63, 3.8) is 0 Å². The van der Waals surface area contributed by atoms with Crippen LogP contribution in [0.3, 0.4) is 0 Å². The molecule has 0 spiro atoms. The third-order valence-corrected chi connectivity index (χ3v) is 8.76. The van der Waals surface area contributed by atoms with E-state index >= 15 is 0 Å². The fourth-order valence-electron chi connectivity index (χ4n) is 2.74. The molecule has 0 saturated heterocycles. The molecule has 0 aliphatic heterocycles. The monoisotopic (exact) mass is 409 g/mol. The molecule has 0 aromatic heterocycles. The van der Waals surface area contributed by atoms with Crippen molar-refractivity contribution >= 4 is 20.4 Å². The molecule has 0 unspecified atom stereocenters. The van der Waals surface area contributed by atoms with Crippen molar-refractivity contribution in [3.05, 3.63) is 90.0 Å². The van der Waals surface area contributed by atoms with E-state index in [1.165, 1.54) is 48.5 Å². The van der Waals surface area contributed by atoms with Crippen LogP contribution in [0.1, 0.15) is 5.56 Å².